The van der Waals surface area contributed by atoms with Gasteiger partial charge in [0.15, 0.2) is 0 Å². The van der Waals surface area contributed by atoms with Crippen LogP contribution >= 0.6 is 0 Å². The van der Waals surface area contributed by atoms with Gasteiger partial charge in [0.2, 0.25) is 0 Å². The van der Waals surface area contributed by atoms with Crippen LogP contribution in [0.5, 0.6) is 0 Å². The van der Waals surface area contributed by atoms with Crippen molar-refractivity contribution < 1.29 is 0 Å². The maximum Gasteiger partial charge on any atom is 0.0134 e. The SMILES string of the molecule is CC(C)(C)c1cc(-c2cccc3c2C=C(C2(C4=Cc5c(cccc5-c5cc(C(C)(C)C)cc(C(C)(C)C)c5)C4)CCCC2)C3)cc(C(C)(C)C)c1. The van der Waals surface area contributed by atoms with Crippen LogP contribution in [0.15, 0.2) is 83.9 Å². The van der Waals surface area contributed by atoms with Crippen molar-refractivity contribution >= 4 is 12.2 Å². The van der Waals surface area contributed by atoms with Gasteiger partial charge in [-0.05, 0) is 114 Å². The molecular weight excluding hydrogens is 613 g/mol. The Balaban J connectivity index is 1.32. The van der Waals surface area contributed by atoms with E-state index < -0.39 is 0 Å². The van der Waals surface area contributed by atoms with Crippen LogP contribution < -0.4 is 0 Å². The number of hydrogen-bond acceptors (Lipinski definition) is 0. The molecule has 4 aromatic carbocycles. The lowest BCUT2D eigenvalue weighted by Gasteiger charge is -2.33. The predicted molar refractivity (Wildman–Crippen MR) is 223 cm³/mol. The standard InChI is InChI=1S/C51H62/c1-47(2,3)37-25-35(26-38(29-37)48(4,5)6)43-19-15-17-33-23-41(31-45(33)43)51(21-13-14-22-51)42-24-34-18-16-20-44(46(34)32-42)36-27-39(49(7,8)9)30-40(28-36)50(10,11)12/h15-20,25-32H,13-14,21-24H2,1-12H3. The van der Waals surface area contributed by atoms with Crippen LogP contribution in [0.4, 0.5) is 0 Å². The van der Waals surface area contributed by atoms with Crippen LogP contribution in [0.1, 0.15) is 153 Å². The summed E-state index contributed by atoms with van der Waals surface area (Å²) < 4.78 is 0. The molecule has 0 N–H and O–H groups in total. The molecule has 4 aromatic rings. The first-order valence-electron chi connectivity index (χ1n) is 19.7. The van der Waals surface area contributed by atoms with Crippen molar-refractivity contribution in [1.82, 2.24) is 0 Å². The van der Waals surface area contributed by atoms with Gasteiger partial charge in [-0.25, -0.2) is 0 Å². The average molecular weight is 675 g/mol. The van der Waals surface area contributed by atoms with Gasteiger partial charge in [-0.15, -0.1) is 0 Å². The maximum absolute atomic E-state index is 2.64. The van der Waals surface area contributed by atoms with Crippen molar-refractivity contribution in [2.24, 2.45) is 5.41 Å². The largest absolute Gasteiger partial charge is 0.0613 e. The van der Waals surface area contributed by atoms with Gasteiger partial charge in [-0.2, -0.15) is 0 Å². The molecule has 1 fully saturated rings. The highest BCUT2D eigenvalue weighted by molar-refractivity contribution is 5.85. The van der Waals surface area contributed by atoms with Crippen molar-refractivity contribution in [2.75, 3.05) is 0 Å². The molecule has 0 saturated heterocycles. The molecule has 0 bridgehead atoms. The fourth-order valence-corrected chi connectivity index (χ4v) is 8.98. The first kappa shape index (κ1) is 35.7. The van der Waals surface area contributed by atoms with Crippen LogP contribution in [0.25, 0.3) is 34.4 Å². The molecule has 0 aromatic heterocycles. The molecule has 0 aliphatic heterocycles. The minimum absolute atomic E-state index is 0.0913. The van der Waals surface area contributed by atoms with Crippen molar-refractivity contribution in [3.63, 3.8) is 0 Å². The number of benzene rings is 4. The maximum atomic E-state index is 2.64. The van der Waals surface area contributed by atoms with E-state index in [1.165, 1.54) is 92.4 Å². The van der Waals surface area contributed by atoms with Gasteiger partial charge in [0.1, 0.15) is 0 Å². The minimum Gasteiger partial charge on any atom is -0.0613 e. The molecule has 0 spiro atoms. The van der Waals surface area contributed by atoms with Gasteiger partial charge in [0, 0.05) is 5.41 Å². The van der Waals surface area contributed by atoms with E-state index in [-0.39, 0.29) is 27.1 Å². The van der Waals surface area contributed by atoms with Gasteiger partial charge < -0.3 is 0 Å². The van der Waals surface area contributed by atoms with Crippen molar-refractivity contribution in [3.8, 4) is 22.3 Å². The van der Waals surface area contributed by atoms with Crippen molar-refractivity contribution in [3.05, 3.63) is 128 Å². The van der Waals surface area contributed by atoms with Gasteiger partial charge in [-0.1, -0.05) is 192 Å². The molecule has 0 atom stereocenters. The average Bonchev–Trinajstić information content (AvgIpc) is 3.81. The summed E-state index contributed by atoms with van der Waals surface area (Å²) in [6.07, 6.45) is 12.6. The van der Waals surface area contributed by atoms with Crippen LogP contribution in [-0.2, 0) is 34.5 Å². The Labute approximate surface area is 310 Å². The zero-order chi connectivity index (χ0) is 36.7. The molecule has 0 amide bonds. The Morgan fingerprint density at radius 3 is 1.08 bits per heavy atom. The molecule has 1 saturated carbocycles. The van der Waals surface area contributed by atoms with Crippen LogP contribution in [0.3, 0.4) is 0 Å². The summed E-state index contributed by atoms with van der Waals surface area (Å²) in [4.78, 5) is 0. The third kappa shape index (κ3) is 6.62. The molecule has 0 heterocycles. The van der Waals surface area contributed by atoms with Crippen molar-refractivity contribution in [1.29, 1.82) is 0 Å². The summed E-state index contributed by atoms with van der Waals surface area (Å²) in [5.74, 6) is 0. The van der Waals surface area contributed by atoms with Gasteiger partial charge in [0.05, 0.1) is 0 Å². The normalized spacial score (nSPS) is 17.3. The van der Waals surface area contributed by atoms with Gasteiger partial charge >= 0.3 is 0 Å². The third-order valence-electron chi connectivity index (χ3n) is 12.4. The van der Waals surface area contributed by atoms with Crippen LogP contribution in [0, 0.1) is 5.41 Å². The molecule has 0 unspecified atom stereocenters. The van der Waals surface area contributed by atoms with E-state index >= 15 is 0 Å². The third-order valence-corrected chi connectivity index (χ3v) is 12.4. The first-order chi connectivity index (χ1) is 23.7. The molecule has 51 heavy (non-hydrogen) atoms. The molecule has 3 aliphatic carbocycles. The van der Waals surface area contributed by atoms with E-state index in [1.54, 1.807) is 11.1 Å². The second kappa shape index (κ2) is 12.2. The molecule has 0 radical (unpaired) electrons. The topological polar surface area (TPSA) is 0 Å². The number of hydrogen-bond donors (Lipinski definition) is 0. The zero-order valence-corrected chi connectivity index (χ0v) is 33.8. The second-order valence-electron chi connectivity index (χ2n) is 20.3. The van der Waals surface area contributed by atoms with Gasteiger partial charge in [-0.3, -0.25) is 0 Å². The second-order valence-corrected chi connectivity index (χ2v) is 20.3. The van der Waals surface area contributed by atoms with E-state index in [1.807, 2.05) is 0 Å². The molecular formula is C51H62. The van der Waals surface area contributed by atoms with E-state index in [9.17, 15) is 0 Å². The Kier molecular flexibility index (Phi) is 8.56. The minimum atomic E-state index is 0.0913. The Hall–Kier alpha value is -3.64. The fraction of sp³-hybridized carbons (Fsp3) is 0.451. The highest BCUT2D eigenvalue weighted by Crippen LogP contribution is 2.57. The summed E-state index contributed by atoms with van der Waals surface area (Å²) in [6, 6.07) is 28.9. The van der Waals surface area contributed by atoms with Gasteiger partial charge in [0.25, 0.3) is 0 Å². The highest BCUT2D eigenvalue weighted by Gasteiger charge is 2.43. The fourth-order valence-electron chi connectivity index (χ4n) is 8.98. The van der Waals surface area contributed by atoms with Crippen LogP contribution in [-0.4, -0.2) is 0 Å². The quantitative estimate of drug-likeness (QED) is 0.202. The van der Waals surface area contributed by atoms with E-state index in [0.29, 0.717) is 0 Å². The summed E-state index contributed by atoms with van der Waals surface area (Å²) in [6.45, 7) is 28.2. The summed E-state index contributed by atoms with van der Waals surface area (Å²) in [5, 5.41) is 0. The number of rotatable bonds is 4. The lowest BCUT2D eigenvalue weighted by molar-refractivity contribution is 0.437. The smallest absolute Gasteiger partial charge is 0.0134 e. The van der Waals surface area contributed by atoms with E-state index in [4.69, 9.17) is 0 Å². The van der Waals surface area contributed by atoms with Crippen LogP contribution in [0.2, 0.25) is 0 Å². The number of fused-ring (bicyclic) bond motifs is 2. The van der Waals surface area contributed by atoms with E-state index in [2.05, 4.69) is 168 Å². The predicted octanol–water partition coefficient (Wildman–Crippen LogP) is 14.4. The summed E-state index contributed by atoms with van der Waals surface area (Å²) >= 11 is 0. The Bertz CT molecular complexity index is 1850. The molecule has 0 nitrogen and oxygen atoms in total. The Morgan fingerprint density at radius 2 is 0.765 bits per heavy atom. The monoisotopic (exact) mass is 674 g/mol. The lowest BCUT2D eigenvalue weighted by Crippen LogP contribution is -2.22. The Morgan fingerprint density at radius 1 is 0.431 bits per heavy atom. The molecule has 266 valence electrons. The number of allylic oxidation sites excluding steroid dienone is 2. The summed E-state index contributed by atoms with van der Waals surface area (Å²) in [5.41, 5.74) is 20.9. The van der Waals surface area contributed by atoms with E-state index in [0.717, 1.165) is 12.8 Å². The lowest BCUT2D eigenvalue weighted by atomic mass is 9.71. The first-order valence-corrected chi connectivity index (χ1v) is 19.7. The highest BCUT2D eigenvalue weighted by atomic mass is 14.5. The molecule has 3 aliphatic rings. The molecule has 7 rings (SSSR count). The summed E-state index contributed by atoms with van der Waals surface area (Å²) in [7, 11) is 0. The van der Waals surface area contributed by atoms with Crippen molar-refractivity contribution in [2.45, 2.75) is 143 Å². The zero-order valence-electron chi connectivity index (χ0n) is 33.8. The molecule has 0 heteroatoms.